The molecule has 0 saturated carbocycles. The topological polar surface area (TPSA) is 40.5 Å². The maximum absolute atomic E-state index is 9.87. The standard InChI is InChI=1S/C9H19N.C6H12O2/c1-8-6-5-7-10(4)9(8,2)3;1-2-3-4-5-6(7)8/h8H,5-7H2,1-4H3;2-5H2,1H3,(H,7,8). The fourth-order valence-corrected chi connectivity index (χ4v) is 2.18. The van der Waals surface area contributed by atoms with Crippen molar-refractivity contribution >= 4 is 5.97 Å². The highest BCUT2D eigenvalue weighted by molar-refractivity contribution is 5.66. The van der Waals surface area contributed by atoms with Crippen LogP contribution in [-0.4, -0.2) is 35.1 Å². The Morgan fingerprint density at radius 3 is 2.39 bits per heavy atom. The van der Waals surface area contributed by atoms with Gasteiger partial charge in [0, 0.05) is 12.0 Å². The van der Waals surface area contributed by atoms with Gasteiger partial charge in [0.1, 0.15) is 0 Å². The molecule has 0 aromatic rings. The molecule has 0 aromatic heterocycles. The van der Waals surface area contributed by atoms with Crippen molar-refractivity contribution in [2.24, 2.45) is 5.92 Å². The molecule has 1 aliphatic heterocycles. The molecule has 1 saturated heterocycles. The van der Waals surface area contributed by atoms with Gasteiger partial charge in [0.25, 0.3) is 0 Å². The van der Waals surface area contributed by atoms with Gasteiger partial charge in [-0.1, -0.05) is 26.7 Å². The van der Waals surface area contributed by atoms with E-state index in [9.17, 15) is 4.79 Å². The molecular formula is C15H31NO2. The smallest absolute Gasteiger partial charge is 0.303 e. The molecular weight excluding hydrogens is 226 g/mol. The third kappa shape index (κ3) is 6.39. The van der Waals surface area contributed by atoms with E-state index in [1.165, 1.54) is 19.4 Å². The molecule has 18 heavy (non-hydrogen) atoms. The fourth-order valence-electron chi connectivity index (χ4n) is 2.18. The molecule has 0 bridgehead atoms. The van der Waals surface area contributed by atoms with E-state index in [0.717, 1.165) is 25.2 Å². The molecule has 1 rings (SSSR count). The van der Waals surface area contributed by atoms with Gasteiger partial charge >= 0.3 is 5.97 Å². The monoisotopic (exact) mass is 257 g/mol. The molecule has 1 aliphatic rings. The second kappa shape index (κ2) is 8.52. The number of carbonyl (C=O) groups is 1. The lowest BCUT2D eigenvalue weighted by molar-refractivity contribution is -0.137. The molecule has 1 fully saturated rings. The van der Waals surface area contributed by atoms with E-state index in [1.807, 2.05) is 0 Å². The number of rotatable bonds is 4. The molecule has 0 radical (unpaired) electrons. The summed E-state index contributed by atoms with van der Waals surface area (Å²) in [5.74, 6) is 0.171. The van der Waals surface area contributed by atoms with Crippen LogP contribution in [0.4, 0.5) is 0 Å². The van der Waals surface area contributed by atoms with Gasteiger partial charge in [-0.25, -0.2) is 0 Å². The zero-order valence-electron chi connectivity index (χ0n) is 12.8. The van der Waals surface area contributed by atoms with Crippen LogP contribution in [0.5, 0.6) is 0 Å². The van der Waals surface area contributed by atoms with Gasteiger partial charge in [-0.05, 0) is 52.6 Å². The SMILES string of the molecule is CC1CCCN(C)C1(C)C.CCCCCC(=O)O. The number of carboxylic acids is 1. The number of likely N-dealkylation sites (tertiary alicyclic amines) is 1. The lowest BCUT2D eigenvalue weighted by Gasteiger charge is -2.44. The van der Waals surface area contributed by atoms with Crippen molar-refractivity contribution in [3.05, 3.63) is 0 Å². The fraction of sp³-hybridized carbons (Fsp3) is 0.933. The average molecular weight is 257 g/mol. The minimum Gasteiger partial charge on any atom is -0.481 e. The van der Waals surface area contributed by atoms with Crippen LogP contribution in [0, 0.1) is 5.92 Å². The summed E-state index contributed by atoms with van der Waals surface area (Å²) < 4.78 is 0. The second-order valence-electron chi connectivity index (χ2n) is 5.97. The van der Waals surface area contributed by atoms with Gasteiger partial charge in [-0.2, -0.15) is 0 Å². The summed E-state index contributed by atoms with van der Waals surface area (Å²) in [7, 11) is 2.23. The van der Waals surface area contributed by atoms with Gasteiger partial charge in [0.2, 0.25) is 0 Å². The van der Waals surface area contributed by atoms with Gasteiger partial charge in [0.05, 0.1) is 0 Å². The number of hydrogen-bond donors (Lipinski definition) is 1. The molecule has 108 valence electrons. The zero-order chi connectivity index (χ0) is 14.2. The van der Waals surface area contributed by atoms with Gasteiger partial charge in [-0.15, -0.1) is 0 Å². The van der Waals surface area contributed by atoms with Crippen LogP contribution in [0.15, 0.2) is 0 Å². The van der Waals surface area contributed by atoms with E-state index in [2.05, 4.69) is 39.6 Å². The molecule has 1 unspecified atom stereocenters. The van der Waals surface area contributed by atoms with E-state index in [1.54, 1.807) is 0 Å². The molecule has 3 heteroatoms. The Hall–Kier alpha value is -0.570. The summed E-state index contributed by atoms with van der Waals surface area (Å²) in [5.41, 5.74) is 0.429. The van der Waals surface area contributed by atoms with E-state index in [-0.39, 0.29) is 0 Å². The summed E-state index contributed by atoms with van der Waals surface area (Å²) >= 11 is 0. The van der Waals surface area contributed by atoms with Crippen LogP contribution in [0.1, 0.15) is 66.2 Å². The average Bonchev–Trinajstić information content (AvgIpc) is 2.27. The predicted octanol–water partition coefficient (Wildman–Crippen LogP) is 3.78. The number of hydrogen-bond acceptors (Lipinski definition) is 2. The first-order valence-electron chi connectivity index (χ1n) is 7.25. The number of aliphatic carboxylic acids is 1. The molecule has 1 N–H and O–H groups in total. The Bertz CT molecular complexity index is 227. The van der Waals surface area contributed by atoms with Gasteiger partial charge in [-0.3, -0.25) is 4.79 Å². The Morgan fingerprint density at radius 2 is 2.00 bits per heavy atom. The quantitative estimate of drug-likeness (QED) is 0.779. The van der Waals surface area contributed by atoms with Crippen molar-refractivity contribution in [1.29, 1.82) is 0 Å². The van der Waals surface area contributed by atoms with Crippen LogP contribution in [0.3, 0.4) is 0 Å². The second-order valence-corrected chi connectivity index (χ2v) is 5.97. The summed E-state index contributed by atoms with van der Waals surface area (Å²) in [4.78, 5) is 12.3. The molecule has 0 aromatic carbocycles. The van der Waals surface area contributed by atoms with Crippen LogP contribution in [0.2, 0.25) is 0 Å². The Balaban J connectivity index is 0.000000331. The lowest BCUT2D eigenvalue weighted by Crippen LogP contribution is -2.49. The lowest BCUT2D eigenvalue weighted by atomic mass is 9.81. The highest BCUT2D eigenvalue weighted by atomic mass is 16.4. The molecule has 0 aliphatic carbocycles. The minimum atomic E-state index is -0.682. The van der Waals surface area contributed by atoms with Gasteiger partial charge in [0.15, 0.2) is 0 Å². The summed E-state index contributed by atoms with van der Waals surface area (Å²) in [5, 5.41) is 8.14. The molecule has 3 nitrogen and oxygen atoms in total. The van der Waals surface area contributed by atoms with Crippen LogP contribution in [0.25, 0.3) is 0 Å². The normalized spacial score (nSPS) is 23.1. The first kappa shape index (κ1) is 17.4. The third-order valence-electron chi connectivity index (χ3n) is 4.31. The predicted molar refractivity (Wildman–Crippen MR) is 76.9 cm³/mol. The molecule has 1 heterocycles. The summed E-state index contributed by atoms with van der Waals surface area (Å²) in [6.07, 6.45) is 6.05. The maximum atomic E-state index is 9.87. The molecule has 0 spiro atoms. The Kier molecular flexibility index (Phi) is 8.25. The summed E-state index contributed by atoms with van der Waals surface area (Å²) in [6.45, 7) is 10.4. The highest BCUT2D eigenvalue weighted by Gasteiger charge is 2.32. The number of nitrogens with zero attached hydrogens (tertiary/aromatic N) is 1. The maximum Gasteiger partial charge on any atom is 0.303 e. The van der Waals surface area contributed by atoms with Crippen molar-refractivity contribution in [3.8, 4) is 0 Å². The summed E-state index contributed by atoms with van der Waals surface area (Å²) in [6, 6.07) is 0. The van der Waals surface area contributed by atoms with Crippen molar-refractivity contribution < 1.29 is 9.90 Å². The van der Waals surface area contributed by atoms with Crippen LogP contribution >= 0.6 is 0 Å². The van der Waals surface area contributed by atoms with Crippen molar-refractivity contribution in [3.63, 3.8) is 0 Å². The minimum absolute atomic E-state index is 0.327. The van der Waals surface area contributed by atoms with Crippen LogP contribution < -0.4 is 0 Å². The highest BCUT2D eigenvalue weighted by Crippen LogP contribution is 2.30. The van der Waals surface area contributed by atoms with E-state index >= 15 is 0 Å². The first-order valence-corrected chi connectivity index (χ1v) is 7.25. The van der Waals surface area contributed by atoms with Crippen molar-refractivity contribution in [1.82, 2.24) is 4.90 Å². The largest absolute Gasteiger partial charge is 0.481 e. The van der Waals surface area contributed by atoms with E-state index in [4.69, 9.17) is 5.11 Å². The zero-order valence-corrected chi connectivity index (χ0v) is 12.8. The van der Waals surface area contributed by atoms with E-state index in [0.29, 0.717) is 12.0 Å². The molecule has 1 atom stereocenters. The Morgan fingerprint density at radius 1 is 1.39 bits per heavy atom. The number of carboxylic acid groups (broad SMARTS) is 1. The Labute approximate surface area is 113 Å². The van der Waals surface area contributed by atoms with E-state index < -0.39 is 5.97 Å². The number of piperidine rings is 1. The van der Waals surface area contributed by atoms with Crippen LogP contribution in [-0.2, 0) is 4.79 Å². The number of unbranched alkanes of at least 4 members (excludes halogenated alkanes) is 2. The first-order chi connectivity index (χ1) is 8.32. The molecule has 0 amide bonds. The third-order valence-corrected chi connectivity index (χ3v) is 4.31. The van der Waals surface area contributed by atoms with Crippen molar-refractivity contribution in [2.75, 3.05) is 13.6 Å². The van der Waals surface area contributed by atoms with Crippen molar-refractivity contribution in [2.45, 2.75) is 71.8 Å². The van der Waals surface area contributed by atoms with Gasteiger partial charge < -0.3 is 10.0 Å².